The summed E-state index contributed by atoms with van der Waals surface area (Å²) >= 11 is 5.66. The molecule has 0 saturated carbocycles. The maximum absolute atomic E-state index is 13.2. The number of nitrogens with zero attached hydrogens (tertiary/aromatic N) is 3. The molecule has 40 heavy (non-hydrogen) atoms. The van der Waals surface area contributed by atoms with Crippen LogP contribution >= 0.6 is 12.2 Å². The number of benzene rings is 2. The predicted octanol–water partition coefficient (Wildman–Crippen LogP) is 5.40. The van der Waals surface area contributed by atoms with Gasteiger partial charge in [0.1, 0.15) is 29.1 Å². The first kappa shape index (κ1) is 26.8. The van der Waals surface area contributed by atoms with Crippen molar-refractivity contribution >= 4 is 34.6 Å². The standard InChI is InChI=1S/C28H24FN5O5S/c1-38-24-16-19(34(36)37)9-10-20(24)22-11-12-23(39-22)27-26(21-4-2-3-14-30-21)32-28(40)33(27)15-13-25(35)31-18-7-5-17(29)6-8-18/h2-12,14,16,26-27H,13,15H2,1H3,(H,31,35)(H,32,40)/t26-,27-/m1/s1. The number of nitrogens with one attached hydrogen (secondary N) is 2. The monoisotopic (exact) mass is 561 g/mol. The van der Waals surface area contributed by atoms with E-state index in [-0.39, 0.29) is 36.4 Å². The number of carbonyl (C=O) groups excluding carboxylic acids is 1. The number of halogens is 1. The van der Waals surface area contributed by atoms with Gasteiger partial charge in [0, 0.05) is 30.9 Å². The maximum Gasteiger partial charge on any atom is 0.273 e. The third-order valence-corrected chi connectivity index (χ3v) is 6.84. The number of furan rings is 1. The zero-order valence-corrected chi connectivity index (χ0v) is 22.1. The van der Waals surface area contributed by atoms with E-state index in [1.165, 1.54) is 43.5 Å². The molecule has 10 nitrogen and oxygen atoms in total. The molecule has 1 fully saturated rings. The first-order valence-corrected chi connectivity index (χ1v) is 12.7. The highest BCUT2D eigenvalue weighted by molar-refractivity contribution is 7.80. The molecule has 0 spiro atoms. The first-order valence-electron chi connectivity index (χ1n) is 12.3. The summed E-state index contributed by atoms with van der Waals surface area (Å²) < 4.78 is 24.9. The van der Waals surface area contributed by atoms with E-state index in [9.17, 15) is 19.3 Å². The summed E-state index contributed by atoms with van der Waals surface area (Å²) in [7, 11) is 1.43. The fraction of sp³-hybridized carbons (Fsp3) is 0.179. The van der Waals surface area contributed by atoms with Crippen LogP contribution in [-0.4, -0.2) is 39.5 Å². The van der Waals surface area contributed by atoms with Crippen LogP contribution in [0.5, 0.6) is 5.75 Å². The van der Waals surface area contributed by atoms with E-state index in [0.717, 1.165) is 5.69 Å². The fourth-order valence-corrected chi connectivity index (χ4v) is 4.92. The Morgan fingerprint density at radius 1 is 1.20 bits per heavy atom. The molecule has 0 aliphatic carbocycles. The van der Waals surface area contributed by atoms with Crippen molar-refractivity contribution in [3.05, 3.63) is 106 Å². The topological polar surface area (TPSA) is 123 Å². The highest BCUT2D eigenvalue weighted by atomic mass is 32.1. The molecule has 1 amide bonds. The van der Waals surface area contributed by atoms with Crippen molar-refractivity contribution in [2.45, 2.75) is 18.5 Å². The van der Waals surface area contributed by atoms with Crippen LogP contribution in [-0.2, 0) is 4.79 Å². The van der Waals surface area contributed by atoms with Gasteiger partial charge in [-0.3, -0.25) is 19.9 Å². The molecule has 1 aliphatic heterocycles. The minimum Gasteiger partial charge on any atom is -0.496 e. The van der Waals surface area contributed by atoms with Crippen LogP contribution < -0.4 is 15.4 Å². The summed E-state index contributed by atoms with van der Waals surface area (Å²) in [5.41, 5.74) is 1.67. The molecule has 0 unspecified atom stereocenters. The molecular formula is C28H24FN5O5S. The molecule has 5 rings (SSSR count). The molecule has 2 N–H and O–H groups in total. The van der Waals surface area contributed by atoms with Crippen molar-refractivity contribution in [2.75, 3.05) is 19.0 Å². The Bertz CT molecular complexity index is 1550. The Kier molecular flexibility index (Phi) is 7.69. The van der Waals surface area contributed by atoms with Gasteiger partial charge in [-0.25, -0.2) is 4.39 Å². The number of non-ortho nitro benzene ring substituents is 1. The highest BCUT2D eigenvalue weighted by Gasteiger charge is 2.41. The summed E-state index contributed by atoms with van der Waals surface area (Å²) in [4.78, 5) is 29.8. The van der Waals surface area contributed by atoms with Crippen molar-refractivity contribution in [1.82, 2.24) is 15.2 Å². The lowest BCUT2D eigenvalue weighted by Gasteiger charge is -2.25. The molecule has 0 bridgehead atoms. The van der Waals surface area contributed by atoms with Crippen molar-refractivity contribution in [2.24, 2.45) is 0 Å². The third kappa shape index (κ3) is 5.61. The van der Waals surface area contributed by atoms with Gasteiger partial charge < -0.3 is 24.7 Å². The Morgan fingerprint density at radius 2 is 2.00 bits per heavy atom. The summed E-state index contributed by atoms with van der Waals surface area (Å²) in [6.07, 6.45) is 1.79. The lowest BCUT2D eigenvalue weighted by molar-refractivity contribution is -0.384. The lowest BCUT2D eigenvalue weighted by Crippen LogP contribution is -2.32. The van der Waals surface area contributed by atoms with Gasteiger partial charge in [0.15, 0.2) is 5.11 Å². The van der Waals surface area contributed by atoms with Gasteiger partial charge in [0.25, 0.3) is 5.69 Å². The maximum atomic E-state index is 13.2. The van der Waals surface area contributed by atoms with Crippen LogP contribution in [0.4, 0.5) is 15.8 Å². The van der Waals surface area contributed by atoms with Gasteiger partial charge in [0.2, 0.25) is 5.91 Å². The van der Waals surface area contributed by atoms with E-state index < -0.39 is 11.0 Å². The predicted molar refractivity (Wildman–Crippen MR) is 149 cm³/mol. The Hall–Kier alpha value is -4.84. The Labute approximate surface area is 233 Å². The summed E-state index contributed by atoms with van der Waals surface area (Å²) in [6, 6.07) is 18.1. The molecule has 0 radical (unpaired) electrons. The fourth-order valence-electron chi connectivity index (χ4n) is 4.59. The quantitative estimate of drug-likeness (QED) is 0.157. The molecule has 4 aromatic rings. The number of hydrogen-bond acceptors (Lipinski definition) is 7. The average Bonchev–Trinajstić information content (AvgIpc) is 3.57. The number of ether oxygens (including phenoxy) is 1. The number of amides is 1. The molecule has 204 valence electrons. The Balaban J connectivity index is 1.42. The smallest absolute Gasteiger partial charge is 0.273 e. The van der Waals surface area contributed by atoms with Crippen LogP contribution in [0.2, 0.25) is 0 Å². The van der Waals surface area contributed by atoms with Crippen molar-refractivity contribution < 1.29 is 23.3 Å². The van der Waals surface area contributed by atoms with E-state index in [2.05, 4.69) is 15.6 Å². The number of anilines is 1. The number of carbonyl (C=O) groups is 1. The van der Waals surface area contributed by atoms with E-state index in [1.54, 1.807) is 24.4 Å². The van der Waals surface area contributed by atoms with Gasteiger partial charge in [-0.1, -0.05) is 6.07 Å². The zero-order valence-electron chi connectivity index (χ0n) is 21.2. The van der Waals surface area contributed by atoms with E-state index in [0.29, 0.717) is 33.6 Å². The van der Waals surface area contributed by atoms with Gasteiger partial charge in [-0.15, -0.1) is 0 Å². The minimum absolute atomic E-state index is 0.0990. The van der Waals surface area contributed by atoms with Crippen LogP contribution in [0.25, 0.3) is 11.3 Å². The lowest BCUT2D eigenvalue weighted by atomic mass is 10.0. The van der Waals surface area contributed by atoms with Gasteiger partial charge >= 0.3 is 0 Å². The number of hydrogen-bond donors (Lipinski definition) is 2. The van der Waals surface area contributed by atoms with Gasteiger partial charge in [0.05, 0.1) is 35.4 Å². The summed E-state index contributed by atoms with van der Waals surface area (Å²) in [5, 5.41) is 17.7. The summed E-state index contributed by atoms with van der Waals surface area (Å²) in [6.45, 7) is 0.268. The van der Waals surface area contributed by atoms with Crippen LogP contribution in [0.3, 0.4) is 0 Å². The Morgan fingerprint density at radius 3 is 2.70 bits per heavy atom. The normalized spacial score (nSPS) is 16.4. The van der Waals surface area contributed by atoms with E-state index in [1.807, 2.05) is 23.1 Å². The minimum atomic E-state index is -0.493. The zero-order chi connectivity index (χ0) is 28.2. The van der Waals surface area contributed by atoms with Crippen molar-refractivity contribution in [1.29, 1.82) is 0 Å². The van der Waals surface area contributed by atoms with Crippen LogP contribution in [0.1, 0.15) is 30.0 Å². The number of rotatable bonds is 9. The highest BCUT2D eigenvalue weighted by Crippen LogP contribution is 2.42. The second-order valence-corrected chi connectivity index (χ2v) is 9.36. The molecule has 2 aromatic heterocycles. The molecular weight excluding hydrogens is 537 g/mol. The number of aromatic nitrogens is 1. The summed E-state index contributed by atoms with van der Waals surface area (Å²) in [5.74, 6) is 0.653. The number of pyridine rings is 1. The van der Waals surface area contributed by atoms with Crippen LogP contribution in [0, 0.1) is 15.9 Å². The number of nitro benzene ring substituents is 1. The second kappa shape index (κ2) is 11.5. The molecule has 12 heteroatoms. The van der Waals surface area contributed by atoms with Crippen LogP contribution in [0.15, 0.2) is 83.4 Å². The molecule has 1 aliphatic rings. The molecule has 2 atom stereocenters. The second-order valence-electron chi connectivity index (χ2n) is 8.97. The first-order chi connectivity index (χ1) is 19.3. The molecule has 3 heterocycles. The van der Waals surface area contributed by atoms with E-state index in [4.69, 9.17) is 21.4 Å². The number of methoxy groups -OCH3 is 1. The SMILES string of the molecule is COc1cc([N+](=O)[O-])ccc1-c1ccc([C@@H]2[C@@H](c3ccccn3)NC(=S)N2CCC(=O)Nc2ccc(F)cc2)o1. The largest absolute Gasteiger partial charge is 0.496 e. The number of nitro groups is 1. The van der Waals surface area contributed by atoms with Gasteiger partial charge in [-0.05, 0) is 66.8 Å². The third-order valence-electron chi connectivity index (χ3n) is 6.49. The van der Waals surface area contributed by atoms with Gasteiger partial charge in [-0.2, -0.15) is 0 Å². The average molecular weight is 562 g/mol. The number of thiocarbonyl (C=S) groups is 1. The van der Waals surface area contributed by atoms with E-state index >= 15 is 0 Å². The van der Waals surface area contributed by atoms with Crippen molar-refractivity contribution in [3.63, 3.8) is 0 Å². The van der Waals surface area contributed by atoms with Crippen molar-refractivity contribution in [3.8, 4) is 17.1 Å². The molecule has 2 aromatic carbocycles. The molecule has 1 saturated heterocycles.